The van der Waals surface area contributed by atoms with E-state index < -0.39 is 6.61 Å². The van der Waals surface area contributed by atoms with Gasteiger partial charge in [-0.25, -0.2) is 0 Å². The number of carbonyl (C=O) groups excluding carboxylic acids is 1. The van der Waals surface area contributed by atoms with Gasteiger partial charge in [-0.1, -0.05) is 0 Å². The summed E-state index contributed by atoms with van der Waals surface area (Å²) < 4.78 is 39.5. The monoisotopic (exact) mass is 351 g/mol. The van der Waals surface area contributed by atoms with E-state index in [9.17, 15) is 13.6 Å². The summed E-state index contributed by atoms with van der Waals surface area (Å²) in [7, 11) is 0. The molecule has 0 aromatic heterocycles. The third-order valence-corrected chi connectivity index (χ3v) is 3.14. The molecule has 0 aliphatic heterocycles. The molecule has 0 spiro atoms. The van der Waals surface area contributed by atoms with Crippen LogP contribution in [-0.2, 0) is 0 Å². The number of nitrogens with one attached hydrogen (secondary N) is 1. The summed E-state index contributed by atoms with van der Waals surface area (Å²) in [6.07, 6.45) is 0. The van der Waals surface area contributed by atoms with Gasteiger partial charge in [0.15, 0.2) is 11.5 Å². The molecule has 5 nitrogen and oxygen atoms in total. The van der Waals surface area contributed by atoms with Crippen LogP contribution in [0.2, 0.25) is 0 Å². The average Bonchev–Trinajstić information content (AvgIpc) is 2.58. The van der Waals surface area contributed by atoms with Crippen LogP contribution in [0.4, 0.5) is 14.5 Å². The number of benzene rings is 2. The van der Waals surface area contributed by atoms with Crippen molar-refractivity contribution in [2.24, 2.45) is 0 Å². The van der Waals surface area contributed by atoms with Gasteiger partial charge in [-0.3, -0.25) is 4.79 Å². The molecule has 0 atom stereocenters. The van der Waals surface area contributed by atoms with Gasteiger partial charge in [-0.05, 0) is 56.3 Å². The van der Waals surface area contributed by atoms with Gasteiger partial charge < -0.3 is 19.5 Å². The van der Waals surface area contributed by atoms with E-state index in [-0.39, 0.29) is 11.7 Å². The van der Waals surface area contributed by atoms with E-state index in [4.69, 9.17) is 9.47 Å². The fourth-order valence-electron chi connectivity index (χ4n) is 2.12. The minimum absolute atomic E-state index is 0.0210. The Bertz CT molecular complexity index is 705. The molecule has 0 aliphatic carbocycles. The third-order valence-electron chi connectivity index (χ3n) is 3.14. The van der Waals surface area contributed by atoms with E-state index in [1.165, 1.54) is 24.3 Å². The molecule has 2 aromatic carbocycles. The average molecular weight is 351 g/mol. The predicted molar refractivity (Wildman–Crippen MR) is 89.8 cm³/mol. The number of hydrogen-bond donors (Lipinski definition) is 1. The Morgan fingerprint density at radius 2 is 1.64 bits per heavy atom. The van der Waals surface area contributed by atoms with Gasteiger partial charge in [0.1, 0.15) is 5.75 Å². The van der Waals surface area contributed by atoms with Crippen LogP contribution >= 0.6 is 0 Å². The Kier molecular flexibility index (Phi) is 6.56. The highest BCUT2D eigenvalue weighted by atomic mass is 19.3. The van der Waals surface area contributed by atoms with E-state index in [0.717, 1.165) is 0 Å². The summed E-state index contributed by atoms with van der Waals surface area (Å²) in [5, 5.41) is 2.68. The maximum absolute atomic E-state index is 12.3. The molecule has 0 saturated heterocycles. The van der Waals surface area contributed by atoms with Crippen molar-refractivity contribution in [3.05, 3.63) is 48.0 Å². The molecule has 1 N–H and O–H groups in total. The lowest BCUT2D eigenvalue weighted by atomic mass is 10.1. The molecule has 134 valence electrons. The lowest BCUT2D eigenvalue weighted by molar-refractivity contribution is -0.0498. The van der Waals surface area contributed by atoms with E-state index in [1.54, 1.807) is 18.2 Å². The van der Waals surface area contributed by atoms with Gasteiger partial charge in [0.05, 0.1) is 13.2 Å². The molecular formula is C18H19F2NO4. The molecule has 0 bridgehead atoms. The van der Waals surface area contributed by atoms with E-state index in [2.05, 4.69) is 10.1 Å². The van der Waals surface area contributed by atoms with Crippen molar-refractivity contribution in [3.63, 3.8) is 0 Å². The number of halogens is 2. The highest BCUT2D eigenvalue weighted by Crippen LogP contribution is 2.29. The zero-order valence-electron chi connectivity index (χ0n) is 13.9. The number of carbonyl (C=O) groups is 1. The Morgan fingerprint density at radius 3 is 2.24 bits per heavy atom. The van der Waals surface area contributed by atoms with Gasteiger partial charge in [0, 0.05) is 11.3 Å². The van der Waals surface area contributed by atoms with E-state index in [0.29, 0.717) is 36.0 Å². The SMILES string of the molecule is CCOc1ccc(C(=O)Nc2ccc(OC(F)F)cc2)cc1OCC. The van der Waals surface area contributed by atoms with Crippen LogP contribution in [-0.4, -0.2) is 25.7 Å². The molecule has 25 heavy (non-hydrogen) atoms. The molecule has 1 amide bonds. The number of amides is 1. The van der Waals surface area contributed by atoms with E-state index >= 15 is 0 Å². The smallest absolute Gasteiger partial charge is 0.387 e. The quantitative estimate of drug-likeness (QED) is 0.769. The fraction of sp³-hybridized carbons (Fsp3) is 0.278. The molecule has 0 saturated carbocycles. The predicted octanol–water partition coefficient (Wildman–Crippen LogP) is 4.34. The first-order valence-corrected chi connectivity index (χ1v) is 7.79. The number of ether oxygens (including phenoxy) is 3. The normalized spacial score (nSPS) is 10.4. The van der Waals surface area contributed by atoms with Crippen LogP contribution in [0.25, 0.3) is 0 Å². The lowest BCUT2D eigenvalue weighted by Gasteiger charge is -2.12. The molecule has 0 heterocycles. The molecular weight excluding hydrogens is 332 g/mol. The maximum Gasteiger partial charge on any atom is 0.387 e. The van der Waals surface area contributed by atoms with Gasteiger partial charge in [0.25, 0.3) is 5.91 Å². The highest BCUT2D eigenvalue weighted by Gasteiger charge is 2.12. The Morgan fingerprint density at radius 1 is 1.00 bits per heavy atom. The van der Waals surface area contributed by atoms with Crippen molar-refractivity contribution in [1.29, 1.82) is 0 Å². The number of rotatable bonds is 8. The van der Waals surface area contributed by atoms with Crippen LogP contribution in [0.5, 0.6) is 17.2 Å². The van der Waals surface area contributed by atoms with Gasteiger partial charge >= 0.3 is 6.61 Å². The second kappa shape index (κ2) is 8.86. The lowest BCUT2D eigenvalue weighted by Crippen LogP contribution is -2.12. The van der Waals surface area contributed by atoms with Gasteiger partial charge in [-0.2, -0.15) is 8.78 Å². The zero-order valence-corrected chi connectivity index (χ0v) is 13.9. The molecule has 0 unspecified atom stereocenters. The first-order valence-electron chi connectivity index (χ1n) is 7.79. The second-order valence-electron chi connectivity index (χ2n) is 4.88. The van der Waals surface area contributed by atoms with Crippen molar-refractivity contribution in [3.8, 4) is 17.2 Å². The maximum atomic E-state index is 12.3. The minimum atomic E-state index is -2.89. The van der Waals surface area contributed by atoms with Crippen molar-refractivity contribution in [2.45, 2.75) is 20.5 Å². The summed E-state index contributed by atoms with van der Waals surface area (Å²) >= 11 is 0. The largest absolute Gasteiger partial charge is 0.490 e. The topological polar surface area (TPSA) is 56.8 Å². The summed E-state index contributed by atoms with van der Waals surface area (Å²) in [4.78, 5) is 12.3. The fourth-order valence-corrected chi connectivity index (χ4v) is 2.12. The van der Waals surface area contributed by atoms with Crippen molar-refractivity contribution >= 4 is 11.6 Å². The Hall–Kier alpha value is -2.83. The van der Waals surface area contributed by atoms with Gasteiger partial charge in [0.2, 0.25) is 0 Å². The van der Waals surface area contributed by atoms with Crippen LogP contribution < -0.4 is 19.5 Å². The van der Waals surface area contributed by atoms with E-state index in [1.807, 2.05) is 13.8 Å². The first kappa shape index (κ1) is 18.5. The molecule has 0 fully saturated rings. The third kappa shape index (κ3) is 5.34. The number of anilines is 1. The van der Waals surface area contributed by atoms with Crippen LogP contribution in [0.3, 0.4) is 0 Å². The molecule has 2 aromatic rings. The van der Waals surface area contributed by atoms with Crippen LogP contribution in [0.15, 0.2) is 42.5 Å². The Balaban J connectivity index is 2.10. The summed E-state index contributed by atoms with van der Waals surface area (Å²) in [5.74, 6) is 0.714. The molecule has 0 aliphatic rings. The van der Waals surface area contributed by atoms with Crippen LogP contribution in [0.1, 0.15) is 24.2 Å². The Labute approximate surface area is 144 Å². The minimum Gasteiger partial charge on any atom is -0.490 e. The van der Waals surface area contributed by atoms with Crippen molar-refractivity contribution in [2.75, 3.05) is 18.5 Å². The summed E-state index contributed by atoms with van der Waals surface area (Å²) in [6, 6.07) is 10.6. The number of hydrogen-bond acceptors (Lipinski definition) is 4. The molecule has 7 heteroatoms. The summed E-state index contributed by atoms with van der Waals surface area (Å²) in [6.45, 7) is 1.74. The number of alkyl halides is 2. The van der Waals surface area contributed by atoms with Gasteiger partial charge in [-0.15, -0.1) is 0 Å². The van der Waals surface area contributed by atoms with Crippen molar-refractivity contribution < 1.29 is 27.8 Å². The van der Waals surface area contributed by atoms with Crippen molar-refractivity contribution in [1.82, 2.24) is 0 Å². The van der Waals surface area contributed by atoms with Crippen LogP contribution in [0, 0.1) is 0 Å². The first-order chi connectivity index (χ1) is 12.0. The standard InChI is InChI=1S/C18H19F2NO4/c1-3-23-15-10-5-12(11-16(15)24-4-2)17(22)21-13-6-8-14(9-7-13)25-18(19)20/h5-11,18H,3-4H2,1-2H3,(H,21,22). The second-order valence-corrected chi connectivity index (χ2v) is 4.88. The highest BCUT2D eigenvalue weighted by molar-refractivity contribution is 6.04. The molecule has 2 rings (SSSR count). The zero-order chi connectivity index (χ0) is 18.2. The molecule has 0 radical (unpaired) electrons. The summed E-state index contributed by atoms with van der Waals surface area (Å²) in [5.41, 5.74) is 0.846.